The van der Waals surface area contributed by atoms with Crippen molar-refractivity contribution in [1.29, 1.82) is 0 Å². The molecule has 4 atom stereocenters. The number of ketones is 1. The second-order valence-corrected chi connectivity index (χ2v) is 13.9. The van der Waals surface area contributed by atoms with Crippen LogP contribution in [-0.2, 0) is 35.1 Å². The van der Waals surface area contributed by atoms with E-state index in [0.29, 0.717) is 25.2 Å². The Bertz CT molecular complexity index is 1270. The topological polar surface area (TPSA) is 157 Å². The number of hydrogen-bond donors (Lipinski definition) is 3. The number of carbonyl (C=O) groups excluding carboxylic acids is 5. The van der Waals surface area contributed by atoms with Gasteiger partial charge in [0.15, 0.2) is 0 Å². The predicted octanol–water partition coefficient (Wildman–Crippen LogP) is 2.57. The van der Waals surface area contributed by atoms with Crippen LogP contribution >= 0.6 is 0 Å². The molecule has 246 valence electrons. The number of fused-ring (bicyclic) bond motifs is 4. The first kappa shape index (κ1) is 32.9. The zero-order chi connectivity index (χ0) is 32.1. The van der Waals surface area contributed by atoms with Crippen LogP contribution in [0.3, 0.4) is 0 Å². The van der Waals surface area contributed by atoms with E-state index in [2.05, 4.69) is 10.6 Å². The Morgan fingerprint density at radius 1 is 1.09 bits per heavy atom. The molecule has 2 heterocycles. The maximum Gasteiger partial charge on any atom is 0.287 e. The lowest BCUT2D eigenvalue weighted by Gasteiger charge is -2.35. The van der Waals surface area contributed by atoms with E-state index in [9.17, 15) is 24.0 Å². The zero-order valence-electron chi connectivity index (χ0n) is 26.6. The Morgan fingerprint density at radius 2 is 1.84 bits per heavy atom. The molecule has 4 amide bonds. The Balaban J connectivity index is 1.44. The van der Waals surface area contributed by atoms with E-state index in [-0.39, 0.29) is 43.0 Å². The van der Waals surface area contributed by atoms with E-state index in [1.807, 2.05) is 38.1 Å². The molecule has 2 aliphatic heterocycles. The van der Waals surface area contributed by atoms with Gasteiger partial charge in [-0.3, -0.25) is 24.0 Å². The molecule has 1 saturated heterocycles. The summed E-state index contributed by atoms with van der Waals surface area (Å²) in [6, 6.07) is 4.68. The summed E-state index contributed by atoms with van der Waals surface area (Å²) in [4.78, 5) is 67.8. The van der Waals surface area contributed by atoms with E-state index in [1.165, 1.54) is 4.90 Å². The van der Waals surface area contributed by atoms with Crippen molar-refractivity contribution in [3.8, 4) is 5.75 Å². The zero-order valence-corrected chi connectivity index (χ0v) is 26.6. The third-order valence-corrected chi connectivity index (χ3v) is 9.63. The van der Waals surface area contributed by atoms with Gasteiger partial charge in [-0.15, -0.1) is 0 Å². The maximum atomic E-state index is 14.5. The molecule has 11 nitrogen and oxygen atoms in total. The Kier molecular flexibility index (Phi) is 10.5. The van der Waals surface area contributed by atoms with Gasteiger partial charge in [-0.05, 0) is 75.5 Å². The number of Topliss-reactive ketones (excluding diaryl/α,β-unsaturated/α-hetero) is 1. The molecule has 5 rings (SSSR count). The average Bonchev–Trinajstić information content (AvgIpc) is 3.73. The second kappa shape index (κ2) is 14.3. The minimum atomic E-state index is -1.09. The van der Waals surface area contributed by atoms with Crippen molar-refractivity contribution in [2.45, 2.75) is 121 Å². The fourth-order valence-corrected chi connectivity index (χ4v) is 7.11. The Morgan fingerprint density at radius 3 is 2.56 bits per heavy atom. The highest BCUT2D eigenvalue weighted by Gasteiger charge is 2.46. The van der Waals surface area contributed by atoms with Gasteiger partial charge >= 0.3 is 0 Å². The fourth-order valence-electron chi connectivity index (χ4n) is 7.11. The Hall–Kier alpha value is -3.47. The Labute approximate surface area is 265 Å². The summed E-state index contributed by atoms with van der Waals surface area (Å²) in [6.45, 7) is 4.63. The minimum absolute atomic E-state index is 0.0638. The summed E-state index contributed by atoms with van der Waals surface area (Å²) in [5, 5.41) is 5.82. The van der Waals surface area contributed by atoms with Crippen LogP contribution in [0.25, 0.3) is 0 Å². The largest absolute Gasteiger partial charge is 0.494 e. The molecule has 3 fully saturated rings. The first-order valence-corrected chi connectivity index (χ1v) is 16.6. The van der Waals surface area contributed by atoms with Crippen LogP contribution in [0, 0.1) is 11.8 Å². The number of benzene rings is 1. The van der Waals surface area contributed by atoms with Crippen LogP contribution in [0.15, 0.2) is 24.3 Å². The van der Waals surface area contributed by atoms with Crippen molar-refractivity contribution >= 4 is 29.4 Å². The molecule has 4 bridgehead atoms. The van der Waals surface area contributed by atoms with Crippen molar-refractivity contribution in [3.05, 3.63) is 29.8 Å². The van der Waals surface area contributed by atoms with Crippen molar-refractivity contribution < 1.29 is 33.4 Å². The normalized spacial score (nSPS) is 27.1. The standard InChI is InChI=1S/C34H48N4O7/c1-34(2)14-7-15-44-24-11-6-8-22(16-24)18-28(39)37-29(23-9-4-3-5-10-23)33(43)38-20-25(45-34)19-27(38)32(42)36-26(17-21-12-13-21)30(40)31(35)41/h6,8,11,16,21,23,25-27,29H,3-5,7,9-10,12-15,17-20H2,1-2H3,(H2,35,41)(H,36,42)(H,37,39)/t25-,26+,27+,29+/m1/s1. The molecule has 2 aliphatic carbocycles. The highest BCUT2D eigenvalue weighted by molar-refractivity contribution is 6.37. The number of ether oxygens (including phenoxy) is 2. The molecule has 2 saturated carbocycles. The minimum Gasteiger partial charge on any atom is -0.494 e. The number of amides is 4. The van der Waals surface area contributed by atoms with Gasteiger partial charge in [0.05, 0.1) is 30.8 Å². The van der Waals surface area contributed by atoms with Crippen molar-refractivity contribution in [3.63, 3.8) is 0 Å². The summed E-state index contributed by atoms with van der Waals surface area (Å²) in [7, 11) is 0. The van der Waals surface area contributed by atoms with E-state index in [0.717, 1.165) is 56.9 Å². The molecule has 4 N–H and O–H groups in total. The first-order chi connectivity index (χ1) is 21.5. The molecule has 0 unspecified atom stereocenters. The van der Waals surface area contributed by atoms with E-state index in [4.69, 9.17) is 15.2 Å². The summed E-state index contributed by atoms with van der Waals surface area (Å²) in [5.41, 5.74) is 5.55. The first-order valence-electron chi connectivity index (χ1n) is 16.6. The van der Waals surface area contributed by atoms with Crippen molar-refractivity contribution in [2.75, 3.05) is 13.2 Å². The molecule has 0 radical (unpaired) electrons. The summed E-state index contributed by atoms with van der Waals surface area (Å²) >= 11 is 0. The van der Waals surface area contributed by atoms with Gasteiger partial charge in [-0.25, -0.2) is 0 Å². The van der Waals surface area contributed by atoms with Gasteiger partial charge in [0.25, 0.3) is 5.91 Å². The van der Waals surface area contributed by atoms with Gasteiger partial charge in [-0.1, -0.05) is 44.2 Å². The van der Waals surface area contributed by atoms with Crippen LogP contribution < -0.4 is 21.1 Å². The monoisotopic (exact) mass is 624 g/mol. The van der Waals surface area contributed by atoms with E-state index in [1.54, 1.807) is 0 Å². The van der Waals surface area contributed by atoms with E-state index >= 15 is 0 Å². The van der Waals surface area contributed by atoms with Gasteiger partial charge in [-0.2, -0.15) is 0 Å². The molecule has 0 aromatic heterocycles. The molecular formula is C34H48N4O7. The SMILES string of the molecule is CC1(C)CCCOc2cccc(c2)CC(=O)N[C@@H](C2CCCCC2)C(=O)N2C[C@@H](C[C@H]2C(=O)N[C@@H](CC2CC2)C(=O)C(N)=O)O1. The number of nitrogens with zero attached hydrogens (tertiary/aromatic N) is 1. The number of hydrogen-bond acceptors (Lipinski definition) is 7. The number of nitrogens with one attached hydrogen (secondary N) is 2. The second-order valence-electron chi connectivity index (χ2n) is 13.9. The lowest BCUT2D eigenvalue weighted by Crippen LogP contribution is -2.58. The number of carbonyl (C=O) groups is 5. The third kappa shape index (κ3) is 8.83. The molecule has 0 spiro atoms. The predicted molar refractivity (Wildman–Crippen MR) is 166 cm³/mol. The molecular weight excluding hydrogens is 576 g/mol. The summed E-state index contributed by atoms with van der Waals surface area (Å²) < 4.78 is 12.5. The van der Waals surface area contributed by atoms with Gasteiger partial charge in [0, 0.05) is 13.0 Å². The van der Waals surface area contributed by atoms with Crippen LogP contribution in [0.2, 0.25) is 0 Å². The maximum absolute atomic E-state index is 14.5. The average molecular weight is 625 g/mol. The van der Waals surface area contributed by atoms with E-state index < -0.39 is 47.4 Å². The highest BCUT2D eigenvalue weighted by atomic mass is 16.5. The van der Waals surface area contributed by atoms with Crippen molar-refractivity contribution in [1.82, 2.24) is 15.5 Å². The van der Waals surface area contributed by atoms with Crippen molar-refractivity contribution in [2.24, 2.45) is 17.6 Å². The number of rotatable bonds is 7. The third-order valence-electron chi connectivity index (χ3n) is 9.63. The fraction of sp³-hybridized carbons (Fsp3) is 0.676. The lowest BCUT2D eigenvalue weighted by atomic mass is 9.83. The van der Waals surface area contributed by atoms with Crippen LogP contribution in [-0.4, -0.2) is 77.3 Å². The van der Waals surface area contributed by atoms with Crippen LogP contribution in [0.1, 0.15) is 90.0 Å². The van der Waals surface area contributed by atoms with Gasteiger partial charge < -0.3 is 30.7 Å². The molecule has 45 heavy (non-hydrogen) atoms. The van der Waals surface area contributed by atoms with Crippen LogP contribution in [0.4, 0.5) is 0 Å². The smallest absolute Gasteiger partial charge is 0.287 e. The molecule has 11 heteroatoms. The molecule has 4 aliphatic rings. The molecule has 1 aromatic carbocycles. The quantitative estimate of drug-likeness (QED) is 0.394. The summed E-state index contributed by atoms with van der Waals surface area (Å²) in [6.07, 6.45) is 8.09. The van der Waals surface area contributed by atoms with Crippen LogP contribution in [0.5, 0.6) is 5.75 Å². The van der Waals surface area contributed by atoms with Gasteiger partial charge in [0.2, 0.25) is 23.5 Å². The molecule has 1 aromatic rings. The summed E-state index contributed by atoms with van der Waals surface area (Å²) in [5.74, 6) is -2.15. The number of nitrogens with two attached hydrogens (primary N) is 1. The van der Waals surface area contributed by atoms with Gasteiger partial charge in [0.1, 0.15) is 17.8 Å². The highest BCUT2D eigenvalue weighted by Crippen LogP contribution is 2.35. The lowest BCUT2D eigenvalue weighted by molar-refractivity contribution is -0.144. The number of primary amides is 1.